The Balaban J connectivity index is 1.98. The maximum atomic E-state index is 12.8. The van der Waals surface area contributed by atoms with Crippen LogP contribution in [0.1, 0.15) is 4.88 Å². The number of Topliss-reactive ketones (excluding diaryl/α,β-unsaturated/α-hetero) is 2. The Hall–Kier alpha value is -1.75. The van der Waals surface area contributed by atoms with Crippen LogP contribution in [0.2, 0.25) is 4.47 Å². The van der Waals surface area contributed by atoms with E-state index in [9.17, 15) is 28.0 Å². The van der Waals surface area contributed by atoms with E-state index < -0.39 is 30.0 Å². The molecule has 0 aromatic carbocycles. The number of fused-ring (bicyclic) bond motifs is 1. The van der Waals surface area contributed by atoms with E-state index in [-0.39, 0.29) is 28.2 Å². The zero-order chi connectivity index (χ0) is 18.4. The molecular weight excluding hydrogens is 383 g/mol. The van der Waals surface area contributed by atoms with Crippen LogP contribution in [-0.2, 0) is 16.0 Å². The van der Waals surface area contributed by atoms with Crippen LogP contribution >= 0.6 is 22.9 Å². The average Bonchev–Trinajstić information content (AvgIpc) is 2.96. The Morgan fingerprint density at radius 3 is 2.80 bits per heavy atom. The Bertz CT molecular complexity index is 777. The molecule has 1 aromatic heterocycles. The first-order valence-electron chi connectivity index (χ1n) is 7.06. The maximum Gasteiger partial charge on any atom is 0.452 e. The van der Waals surface area contributed by atoms with E-state index in [0.29, 0.717) is 4.88 Å². The first-order valence-corrected chi connectivity index (χ1v) is 8.25. The van der Waals surface area contributed by atoms with Gasteiger partial charge in [-0.1, -0.05) is 23.8 Å². The molecule has 2 unspecified atom stereocenters. The molecule has 0 spiro atoms. The minimum Gasteiger partial charge on any atom is -0.347 e. The maximum absolute atomic E-state index is 12.8. The number of allylic oxidation sites excluding steroid dienone is 2. The summed E-state index contributed by atoms with van der Waals surface area (Å²) in [6.07, 6.45) is -0.270. The number of hydroxylamine groups is 2. The molecule has 0 bridgehead atoms. The molecule has 1 fully saturated rings. The lowest BCUT2D eigenvalue weighted by Crippen LogP contribution is -2.65. The van der Waals surface area contributed by atoms with Gasteiger partial charge in [-0.15, -0.1) is 11.3 Å². The lowest BCUT2D eigenvalue weighted by Gasteiger charge is -2.46. The molecule has 2 atom stereocenters. The number of thiazole rings is 1. The van der Waals surface area contributed by atoms with Gasteiger partial charge >= 0.3 is 6.18 Å². The minimum atomic E-state index is -5.24. The number of hydrogen-bond donors (Lipinski definition) is 1. The summed E-state index contributed by atoms with van der Waals surface area (Å²) in [4.78, 5) is 29.9. The van der Waals surface area contributed by atoms with Crippen molar-refractivity contribution in [2.24, 2.45) is 0 Å². The molecule has 0 saturated carbocycles. The molecule has 11 heteroatoms. The van der Waals surface area contributed by atoms with Crippen molar-refractivity contribution in [2.45, 2.75) is 24.8 Å². The zero-order valence-corrected chi connectivity index (χ0v) is 14.0. The van der Waals surface area contributed by atoms with Gasteiger partial charge in [0.25, 0.3) is 5.78 Å². The molecule has 1 saturated heterocycles. The van der Waals surface area contributed by atoms with Crippen molar-refractivity contribution in [3.05, 3.63) is 39.5 Å². The van der Waals surface area contributed by atoms with Crippen molar-refractivity contribution < 1.29 is 28.0 Å². The number of ketones is 2. The summed E-state index contributed by atoms with van der Waals surface area (Å²) in [6, 6.07) is -2.33. The van der Waals surface area contributed by atoms with E-state index in [1.165, 1.54) is 23.2 Å². The highest BCUT2D eigenvalue weighted by atomic mass is 35.5. The number of aromatic nitrogens is 1. The first kappa shape index (κ1) is 18.1. The van der Waals surface area contributed by atoms with E-state index in [1.807, 2.05) is 0 Å². The van der Waals surface area contributed by atoms with Crippen LogP contribution in [0.5, 0.6) is 0 Å². The predicted molar refractivity (Wildman–Crippen MR) is 82.0 cm³/mol. The summed E-state index contributed by atoms with van der Waals surface area (Å²) >= 11 is 6.85. The summed E-state index contributed by atoms with van der Waals surface area (Å²) < 4.78 is 38.8. The van der Waals surface area contributed by atoms with Crippen molar-refractivity contribution >= 4 is 34.5 Å². The highest BCUT2D eigenvalue weighted by Crippen LogP contribution is 2.33. The van der Waals surface area contributed by atoms with Crippen molar-refractivity contribution in [1.29, 1.82) is 0 Å². The fourth-order valence-electron chi connectivity index (χ4n) is 2.76. The molecule has 2 aliphatic heterocycles. The van der Waals surface area contributed by atoms with Crippen LogP contribution in [0.15, 0.2) is 30.1 Å². The van der Waals surface area contributed by atoms with Crippen LogP contribution in [0.3, 0.4) is 0 Å². The number of rotatable bonds is 3. The molecular formula is C14H11ClF3N3O3S. The highest BCUT2D eigenvalue weighted by molar-refractivity contribution is 7.15. The summed E-state index contributed by atoms with van der Waals surface area (Å²) in [5.74, 6) is -3.39. The van der Waals surface area contributed by atoms with E-state index in [0.717, 1.165) is 11.3 Å². The normalized spacial score (nSPS) is 24.3. The number of carbonyl (C=O) groups excluding carboxylic acids is 2. The molecule has 0 radical (unpaired) electrons. The highest BCUT2D eigenvalue weighted by Gasteiger charge is 2.54. The molecule has 0 aliphatic carbocycles. The molecule has 2 aliphatic rings. The second-order valence-electron chi connectivity index (χ2n) is 5.41. The summed E-state index contributed by atoms with van der Waals surface area (Å²) in [7, 11) is 0. The minimum absolute atomic E-state index is 0.0426. The van der Waals surface area contributed by atoms with Crippen molar-refractivity contribution in [1.82, 2.24) is 14.9 Å². The fraction of sp³-hybridized carbons (Fsp3) is 0.357. The number of carbonyl (C=O) groups is 2. The number of hydrogen-bond acceptors (Lipinski definition) is 7. The lowest BCUT2D eigenvalue weighted by molar-refractivity contribution is -0.223. The van der Waals surface area contributed by atoms with Gasteiger partial charge in [0, 0.05) is 24.0 Å². The molecule has 3 rings (SSSR count). The van der Waals surface area contributed by atoms with E-state index >= 15 is 0 Å². The first-order chi connectivity index (χ1) is 11.7. The van der Waals surface area contributed by atoms with Crippen LogP contribution < -0.4 is 0 Å². The Morgan fingerprint density at radius 2 is 2.20 bits per heavy atom. The van der Waals surface area contributed by atoms with Gasteiger partial charge in [0.1, 0.15) is 6.17 Å². The SMILES string of the molecule is O=C1C2=CC=CCN2C(Cc2cnc(Cl)s2)N(O)C1C(=O)C(F)(F)F. The molecule has 134 valence electrons. The third kappa shape index (κ3) is 3.34. The summed E-state index contributed by atoms with van der Waals surface area (Å²) in [5.41, 5.74) is -0.0454. The van der Waals surface area contributed by atoms with Crippen molar-refractivity contribution in [3.63, 3.8) is 0 Å². The van der Waals surface area contributed by atoms with Gasteiger partial charge in [-0.2, -0.15) is 18.2 Å². The van der Waals surface area contributed by atoms with Crippen LogP contribution in [0, 0.1) is 0 Å². The zero-order valence-electron chi connectivity index (χ0n) is 12.4. The Labute approximate surface area is 148 Å². The van der Waals surface area contributed by atoms with Crippen molar-refractivity contribution in [3.8, 4) is 0 Å². The third-order valence-corrected chi connectivity index (χ3v) is 5.01. The van der Waals surface area contributed by atoms with Gasteiger partial charge in [0.05, 0.1) is 5.70 Å². The van der Waals surface area contributed by atoms with Gasteiger partial charge in [-0.05, 0) is 6.08 Å². The second-order valence-corrected chi connectivity index (χ2v) is 7.10. The van der Waals surface area contributed by atoms with Crippen LogP contribution in [0.4, 0.5) is 13.2 Å². The smallest absolute Gasteiger partial charge is 0.347 e. The molecule has 1 N–H and O–H groups in total. The number of halogens is 4. The molecule has 0 amide bonds. The summed E-state index contributed by atoms with van der Waals surface area (Å²) in [6.45, 7) is 0.207. The topological polar surface area (TPSA) is 73.7 Å². The van der Waals surface area contributed by atoms with Crippen LogP contribution in [-0.4, -0.2) is 56.6 Å². The Kier molecular flexibility index (Phi) is 4.71. The Morgan fingerprint density at radius 1 is 1.48 bits per heavy atom. The lowest BCUT2D eigenvalue weighted by atomic mass is 9.96. The molecule has 6 nitrogen and oxygen atoms in total. The van der Waals surface area contributed by atoms with Gasteiger partial charge < -0.3 is 10.1 Å². The monoisotopic (exact) mass is 393 g/mol. The van der Waals surface area contributed by atoms with E-state index in [1.54, 1.807) is 6.08 Å². The van der Waals surface area contributed by atoms with Gasteiger partial charge in [-0.3, -0.25) is 9.59 Å². The fourth-order valence-corrected chi connectivity index (χ4v) is 3.77. The quantitative estimate of drug-likeness (QED) is 0.794. The van der Waals surface area contributed by atoms with Crippen LogP contribution in [0.25, 0.3) is 0 Å². The number of alkyl halides is 3. The average molecular weight is 394 g/mol. The van der Waals surface area contributed by atoms with Crippen molar-refractivity contribution in [2.75, 3.05) is 6.54 Å². The second kappa shape index (κ2) is 6.52. The van der Waals surface area contributed by atoms with E-state index in [2.05, 4.69) is 4.98 Å². The number of nitrogens with zero attached hydrogens (tertiary/aromatic N) is 3. The van der Waals surface area contributed by atoms with E-state index in [4.69, 9.17) is 11.6 Å². The molecule has 3 heterocycles. The molecule has 25 heavy (non-hydrogen) atoms. The molecule has 1 aromatic rings. The van der Waals surface area contributed by atoms with Gasteiger partial charge in [0.2, 0.25) is 5.78 Å². The summed E-state index contributed by atoms with van der Waals surface area (Å²) in [5, 5.41) is 10.5. The third-order valence-electron chi connectivity index (χ3n) is 3.87. The standard InChI is InChI=1S/C14H11ClF3N3O3S/c15-13-19-6-7(25-13)5-9-20-4-2-1-3-8(20)11(22)10(21(9)24)12(23)14(16,17)18/h1-3,6,9-10,24H,4-5H2. The predicted octanol–water partition coefficient (Wildman–Crippen LogP) is 2.19. The largest absolute Gasteiger partial charge is 0.452 e. The van der Waals surface area contributed by atoms with Gasteiger partial charge in [0.15, 0.2) is 10.5 Å². The van der Waals surface area contributed by atoms with Gasteiger partial charge in [-0.25, -0.2) is 4.98 Å².